The van der Waals surface area contributed by atoms with Gasteiger partial charge in [-0.3, -0.25) is 0 Å². The molecule has 2 aromatic rings. The Labute approximate surface area is 128 Å². The van der Waals surface area contributed by atoms with Crippen LogP contribution in [0.1, 0.15) is 23.6 Å². The van der Waals surface area contributed by atoms with E-state index in [-0.39, 0.29) is 5.92 Å². The van der Waals surface area contributed by atoms with Gasteiger partial charge in [-0.05, 0) is 23.8 Å². The summed E-state index contributed by atoms with van der Waals surface area (Å²) in [5.74, 6) is 0.136. The van der Waals surface area contributed by atoms with E-state index < -0.39 is 0 Å². The summed E-state index contributed by atoms with van der Waals surface area (Å²) in [5, 5.41) is 12.0. The van der Waals surface area contributed by atoms with Crippen LogP contribution >= 0.6 is 15.9 Å². The first-order valence-corrected chi connectivity index (χ1v) is 7.60. The van der Waals surface area contributed by atoms with E-state index >= 15 is 0 Å². The molecule has 1 aromatic carbocycles. The molecule has 0 saturated heterocycles. The molecular weight excluding hydrogens is 316 g/mol. The van der Waals surface area contributed by atoms with Crippen molar-refractivity contribution in [3.63, 3.8) is 0 Å². The molecule has 3 nitrogen and oxygen atoms in total. The Balaban J connectivity index is 2.34. The Morgan fingerprint density at radius 1 is 1.15 bits per heavy atom. The summed E-state index contributed by atoms with van der Waals surface area (Å²) in [5.41, 5.74) is 2.00. The first-order chi connectivity index (χ1) is 9.58. The molecule has 0 saturated carbocycles. The second-order valence-electron chi connectivity index (χ2n) is 5.30. The number of hydrogen-bond acceptors (Lipinski definition) is 1. The molecule has 1 N–H and O–H groups in total. The van der Waals surface area contributed by atoms with Crippen molar-refractivity contribution in [1.82, 2.24) is 0 Å². The zero-order valence-corrected chi connectivity index (χ0v) is 13.4. The van der Waals surface area contributed by atoms with Crippen LogP contribution in [0.3, 0.4) is 0 Å². The van der Waals surface area contributed by atoms with Crippen molar-refractivity contribution in [2.24, 2.45) is 0 Å². The van der Waals surface area contributed by atoms with E-state index in [1.54, 1.807) is 12.3 Å². The molecule has 0 amide bonds. The molecule has 1 heterocycles. The van der Waals surface area contributed by atoms with Gasteiger partial charge in [0, 0.05) is 23.0 Å². The molecule has 106 valence electrons. The number of rotatable bonds is 5. The molecule has 1 unspecified atom stereocenters. The molecule has 0 bridgehead atoms. The number of nitrogens with one attached hydrogen (secondary N) is 1. The quantitative estimate of drug-likeness (QED) is 0.655. The average molecular weight is 336 g/mol. The minimum atomic E-state index is 0.136. The number of pyridine rings is 1. The minimum absolute atomic E-state index is 0.136. The third-order valence-electron chi connectivity index (χ3n) is 3.42. The lowest BCUT2D eigenvalue weighted by Gasteiger charge is -2.18. The van der Waals surface area contributed by atoms with Crippen LogP contribution in [0.25, 0.3) is 0 Å². The Bertz CT molecular complexity index is 555. The Hall–Kier alpha value is -1.39. The molecule has 0 aliphatic carbocycles. The summed E-state index contributed by atoms with van der Waals surface area (Å²) in [6.45, 7) is 1.02. The topological polar surface area (TPSA) is 31.4 Å². The number of aromatic nitrogens is 1. The molecule has 0 spiro atoms. The molecule has 0 aliphatic heterocycles. The van der Waals surface area contributed by atoms with Gasteiger partial charge in [-0.25, -0.2) is 0 Å². The third-order valence-corrected chi connectivity index (χ3v) is 3.95. The zero-order chi connectivity index (χ0) is 14.5. The van der Waals surface area contributed by atoms with Crippen molar-refractivity contribution in [2.45, 2.75) is 12.3 Å². The van der Waals surface area contributed by atoms with Crippen molar-refractivity contribution < 1.29 is 9.63 Å². The fourth-order valence-electron chi connectivity index (χ4n) is 2.32. The molecular formula is C16H20BrN2O+. The molecule has 2 rings (SSSR count). The van der Waals surface area contributed by atoms with E-state index in [1.807, 2.05) is 24.3 Å². The highest BCUT2D eigenvalue weighted by Crippen LogP contribution is 2.26. The normalized spacial score (nSPS) is 12.6. The van der Waals surface area contributed by atoms with E-state index in [0.29, 0.717) is 0 Å². The molecule has 1 atom stereocenters. The van der Waals surface area contributed by atoms with Crippen molar-refractivity contribution in [2.75, 3.05) is 20.6 Å². The van der Waals surface area contributed by atoms with Crippen molar-refractivity contribution in [1.29, 1.82) is 0 Å². The average Bonchev–Trinajstić information content (AvgIpc) is 2.42. The lowest BCUT2D eigenvalue weighted by atomic mass is 9.92. The van der Waals surface area contributed by atoms with Crippen LogP contribution in [-0.4, -0.2) is 20.6 Å². The Kier molecular flexibility index (Phi) is 5.15. The summed E-state index contributed by atoms with van der Waals surface area (Å²) in [7, 11) is 4.27. The van der Waals surface area contributed by atoms with Gasteiger partial charge in [-0.2, -0.15) is 4.73 Å². The molecule has 4 heteroatoms. The monoisotopic (exact) mass is 335 g/mol. The van der Waals surface area contributed by atoms with Crippen LogP contribution in [0.2, 0.25) is 0 Å². The Morgan fingerprint density at radius 2 is 1.85 bits per heavy atom. The van der Waals surface area contributed by atoms with Gasteiger partial charge >= 0.3 is 0 Å². The fourth-order valence-corrected chi connectivity index (χ4v) is 2.59. The van der Waals surface area contributed by atoms with Gasteiger partial charge in [-0.15, -0.1) is 0 Å². The zero-order valence-electron chi connectivity index (χ0n) is 11.8. The molecule has 1 aromatic heterocycles. The Morgan fingerprint density at radius 3 is 2.45 bits per heavy atom. The van der Waals surface area contributed by atoms with Crippen LogP contribution < -0.4 is 9.63 Å². The second-order valence-corrected chi connectivity index (χ2v) is 6.22. The smallest absolute Gasteiger partial charge is 0.200 e. The molecule has 0 radical (unpaired) electrons. The number of hydrogen-bond donors (Lipinski definition) is 1. The van der Waals surface area contributed by atoms with E-state index in [2.05, 4.69) is 42.2 Å². The fraction of sp³-hybridized carbons (Fsp3) is 0.312. The molecule has 0 aliphatic rings. The number of benzene rings is 1. The van der Waals surface area contributed by atoms with Gasteiger partial charge < -0.3 is 10.1 Å². The van der Waals surface area contributed by atoms with Gasteiger partial charge in [0.25, 0.3) is 0 Å². The number of nitrogens with zero attached hydrogens (tertiary/aromatic N) is 1. The van der Waals surface area contributed by atoms with Crippen LogP contribution in [0.15, 0.2) is 53.1 Å². The highest BCUT2D eigenvalue weighted by molar-refractivity contribution is 9.10. The molecule has 20 heavy (non-hydrogen) atoms. The van der Waals surface area contributed by atoms with Crippen LogP contribution in [0.4, 0.5) is 0 Å². The van der Waals surface area contributed by atoms with Crippen molar-refractivity contribution in [3.8, 4) is 0 Å². The maximum atomic E-state index is 12.0. The largest absolute Gasteiger partial charge is 0.618 e. The van der Waals surface area contributed by atoms with Gasteiger partial charge in [0.15, 0.2) is 11.9 Å². The van der Waals surface area contributed by atoms with E-state index in [1.165, 1.54) is 10.5 Å². The maximum Gasteiger partial charge on any atom is 0.200 e. The van der Waals surface area contributed by atoms with Crippen molar-refractivity contribution >= 4 is 15.9 Å². The van der Waals surface area contributed by atoms with E-state index in [9.17, 15) is 5.21 Å². The van der Waals surface area contributed by atoms with E-state index in [0.717, 1.165) is 27.9 Å². The third kappa shape index (κ3) is 3.81. The van der Waals surface area contributed by atoms with Crippen LogP contribution in [0, 0.1) is 5.21 Å². The van der Waals surface area contributed by atoms with Crippen LogP contribution in [0.5, 0.6) is 0 Å². The second kappa shape index (κ2) is 6.86. The summed E-state index contributed by atoms with van der Waals surface area (Å²) < 4.78 is 2.04. The maximum absolute atomic E-state index is 12.0. The van der Waals surface area contributed by atoms with Gasteiger partial charge in [0.1, 0.15) is 0 Å². The van der Waals surface area contributed by atoms with E-state index in [4.69, 9.17) is 0 Å². The predicted octanol–water partition coefficient (Wildman–Crippen LogP) is 1.75. The molecule has 0 fully saturated rings. The minimum Gasteiger partial charge on any atom is -0.618 e. The summed E-state index contributed by atoms with van der Waals surface area (Å²) >= 11 is 3.46. The lowest BCUT2D eigenvalue weighted by molar-refractivity contribution is -0.858. The van der Waals surface area contributed by atoms with Crippen LogP contribution in [-0.2, 0) is 0 Å². The van der Waals surface area contributed by atoms with Gasteiger partial charge in [-0.1, -0.05) is 28.1 Å². The summed E-state index contributed by atoms with van der Waals surface area (Å²) in [6.07, 6.45) is 2.53. The SMILES string of the molecule is C[NH+](C)CCC(c1ccc(Br)cc1)c1cccc[n+]1[O-]. The van der Waals surface area contributed by atoms with Gasteiger partial charge in [0.05, 0.1) is 26.6 Å². The van der Waals surface area contributed by atoms with Crippen molar-refractivity contribution in [3.05, 3.63) is 69.6 Å². The first kappa shape index (κ1) is 15.0. The first-order valence-electron chi connectivity index (χ1n) is 6.80. The highest BCUT2D eigenvalue weighted by Gasteiger charge is 2.22. The highest BCUT2D eigenvalue weighted by atomic mass is 79.9. The lowest BCUT2D eigenvalue weighted by Crippen LogP contribution is -3.05. The number of halogens is 1. The summed E-state index contributed by atoms with van der Waals surface area (Å²) in [6, 6.07) is 13.9. The van der Waals surface area contributed by atoms with Gasteiger partial charge in [0.2, 0.25) is 0 Å². The number of quaternary nitrogens is 1. The predicted molar refractivity (Wildman–Crippen MR) is 83.7 cm³/mol. The standard InChI is InChI=1S/C16H19BrN2O/c1-18(2)12-10-15(13-6-8-14(17)9-7-13)16-5-3-4-11-19(16)20/h3-9,11,15H,10,12H2,1-2H3/p+1. The summed E-state index contributed by atoms with van der Waals surface area (Å²) in [4.78, 5) is 1.39.